The van der Waals surface area contributed by atoms with Crippen LogP contribution in [0.3, 0.4) is 0 Å². The molecular weight excluding hydrogens is 196 g/mol. The standard InChI is InChI=1S/C11H14O4/c1-14-5-6-15-11(13)10-4-2-3-9(7-10)8-12/h2-4,7,12H,5-6,8H2,1H3. The van der Waals surface area contributed by atoms with Gasteiger partial charge in [-0.05, 0) is 17.7 Å². The summed E-state index contributed by atoms with van der Waals surface area (Å²) in [6.45, 7) is 0.531. The number of methoxy groups -OCH3 is 1. The number of aliphatic hydroxyl groups excluding tert-OH is 1. The smallest absolute Gasteiger partial charge is 0.338 e. The first kappa shape index (κ1) is 11.7. The molecule has 0 spiro atoms. The summed E-state index contributed by atoms with van der Waals surface area (Å²) < 4.78 is 9.68. The van der Waals surface area contributed by atoms with Gasteiger partial charge in [-0.25, -0.2) is 4.79 Å². The third-order valence-corrected chi connectivity index (χ3v) is 1.87. The Morgan fingerprint density at radius 2 is 2.20 bits per heavy atom. The molecule has 0 bridgehead atoms. The maximum atomic E-state index is 11.4. The lowest BCUT2D eigenvalue weighted by Crippen LogP contribution is -2.10. The van der Waals surface area contributed by atoms with Crippen LogP contribution in [-0.2, 0) is 16.1 Å². The molecule has 4 nitrogen and oxygen atoms in total. The highest BCUT2D eigenvalue weighted by molar-refractivity contribution is 5.89. The SMILES string of the molecule is COCCOC(=O)c1cccc(CO)c1. The topological polar surface area (TPSA) is 55.8 Å². The fourth-order valence-electron chi connectivity index (χ4n) is 1.10. The van der Waals surface area contributed by atoms with Crippen LogP contribution in [0.2, 0.25) is 0 Å². The number of carbonyl (C=O) groups is 1. The number of rotatable bonds is 5. The van der Waals surface area contributed by atoms with E-state index >= 15 is 0 Å². The van der Waals surface area contributed by atoms with E-state index in [4.69, 9.17) is 14.6 Å². The molecule has 0 aromatic heterocycles. The van der Waals surface area contributed by atoms with E-state index in [-0.39, 0.29) is 13.2 Å². The van der Waals surface area contributed by atoms with Crippen molar-refractivity contribution in [3.05, 3.63) is 35.4 Å². The average Bonchev–Trinajstić information content (AvgIpc) is 2.29. The van der Waals surface area contributed by atoms with Crippen LogP contribution in [0.25, 0.3) is 0 Å². The Bertz CT molecular complexity index is 322. The summed E-state index contributed by atoms with van der Waals surface area (Å²) >= 11 is 0. The average molecular weight is 210 g/mol. The molecule has 1 N–H and O–H groups in total. The predicted octanol–water partition coefficient (Wildman–Crippen LogP) is 0.982. The summed E-state index contributed by atoms with van der Waals surface area (Å²) in [5.41, 5.74) is 1.13. The van der Waals surface area contributed by atoms with Crippen LogP contribution in [0, 0.1) is 0 Å². The van der Waals surface area contributed by atoms with Crippen molar-refractivity contribution in [3.63, 3.8) is 0 Å². The van der Waals surface area contributed by atoms with Crippen molar-refractivity contribution in [3.8, 4) is 0 Å². The minimum Gasteiger partial charge on any atom is -0.460 e. The Balaban J connectivity index is 2.57. The highest BCUT2D eigenvalue weighted by Gasteiger charge is 2.06. The summed E-state index contributed by atoms with van der Waals surface area (Å²) in [5, 5.41) is 8.89. The lowest BCUT2D eigenvalue weighted by atomic mass is 10.1. The second kappa shape index (κ2) is 6.16. The van der Waals surface area contributed by atoms with Gasteiger partial charge in [0.25, 0.3) is 0 Å². The summed E-state index contributed by atoms with van der Waals surface area (Å²) in [4.78, 5) is 11.4. The number of esters is 1. The first-order valence-corrected chi connectivity index (χ1v) is 4.63. The zero-order valence-corrected chi connectivity index (χ0v) is 8.60. The molecule has 0 amide bonds. The molecule has 1 aromatic carbocycles. The highest BCUT2D eigenvalue weighted by Crippen LogP contribution is 2.06. The Hall–Kier alpha value is -1.39. The molecule has 0 fully saturated rings. The van der Waals surface area contributed by atoms with Crippen molar-refractivity contribution < 1.29 is 19.4 Å². The Morgan fingerprint density at radius 3 is 2.87 bits per heavy atom. The maximum Gasteiger partial charge on any atom is 0.338 e. The molecule has 0 saturated heterocycles. The van der Waals surface area contributed by atoms with E-state index in [1.54, 1.807) is 31.4 Å². The molecule has 0 heterocycles. The van der Waals surface area contributed by atoms with E-state index in [0.717, 1.165) is 0 Å². The Labute approximate surface area is 88.4 Å². The molecule has 1 rings (SSSR count). The monoisotopic (exact) mass is 210 g/mol. The van der Waals surface area contributed by atoms with Gasteiger partial charge in [0.15, 0.2) is 0 Å². The summed E-state index contributed by atoms with van der Waals surface area (Å²) in [6.07, 6.45) is 0. The van der Waals surface area contributed by atoms with Crippen LogP contribution in [-0.4, -0.2) is 31.4 Å². The predicted molar refractivity (Wildman–Crippen MR) is 54.5 cm³/mol. The molecule has 0 aliphatic rings. The number of benzene rings is 1. The zero-order valence-electron chi connectivity index (χ0n) is 8.60. The van der Waals surface area contributed by atoms with E-state index in [2.05, 4.69) is 0 Å². The molecule has 0 aliphatic heterocycles. The van der Waals surface area contributed by atoms with Crippen molar-refractivity contribution >= 4 is 5.97 Å². The van der Waals surface area contributed by atoms with E-state index in [1.807, 2.05) is 0 Å². The van der Waals surface area contributed by atoms with E-state index in [9.17, 15) is 4.79 Å². The second-order valence-electron chi connectivity index (χ2n) is 2.99. The first-order chi connectivity index (χ1) is 7.27. The van der Waals surface area contributed by atoms with Gasteiger partial charge >= 0.3 is 5.97 Å². The number of aliphatic hydroxyl groups is 1. The maximum absolute atomic E-state index is 11.4. The van der Waals surface area contributed by atoms with Gasteiger partial charge in [0.1, 0.15) is 6.61 Å². The van der Waals surface area contributed by atoms with Gasteiger partial charge < -0.3 is 14.6 Å². The molecular formula is C11H14O4. The van der Waals surface area contributed by atoms with Gasteiger partial charge in [-0.3, -0.25) is 0 Å². The van der Waals surface area contributed by atoms with Gasteiger partial charge in [0, 0.05) is 7.11 Å². The minimum atomic E-state index is -0.401. The third-order valence-electron chi connectivity index (χ3n) is 1.87. The van der Waals surface area contributed by atoms with Crippen LogP contribution in [0.1, 0.15) is 15.9 Å². The van der Waals surface area contributed by atoms with Gasteiger partial charge in [-0.15, -0.1) is 0 Å². The number of hydrogen-bond acceptors (Lipinski definition) is 4. The van der Waals surface area contributed by atoms with Crippen LogP contribution in [0.4, 0.5) is 0 Å². The summed E-state index contributed by atoms with van der Waals surface area (Å²) in [7, 11) is 1.54. The van der Waals surface area contributed by atoms with Crippen LogP contribution in [0.15, 0.2) is 24.3 Å². The second-order valence-corrected chi connectivity index (χ2v) is 2.99. The fourth-order valence-corrected chi connectivity index (χ4v) is 1.10. The molecule has 0 aliphatic carbocycles. The zero-order chi connectivity index (χ0) is 11.1. The molecule has 0 unspecified atom stereocenters. The van der Waals surface area contributed by atoms with E-state index in [1.165, 1.54) is 0 Å². The number of hydrogen-bond donors (Lipinski definition) is 1. The highest BCUT2D eigenvalue weighted by atomic mass is 16.6. The molecule has 0 saturated carbocycles. The van der Waals surface area contributed by atoms with Crippen molar-refractivity contribution in [1.29, 1.82) is 0 Å². The van der Waals surface area contributed by atoms with Crippen molar-refractivity contribution in [2.24, 2.45) is 0 Å². The molecule has 0 radical (unpaired) electrons. The summed E-state index contributed by atoms with van der Waals surface area (Å²) in [5.74, 6) is -0.401. The third kappa shape index (κ3) is 3.69. The van der Waals surface area contributed by atoms with E-state index in [0.29, 0.717) is 17.7 Å². The minimum absolute atomic E-state index is 0.0841. The van der Waals surface area contributed by atoms with E-state index < -0.39 is 5.97 Å². The lowest BCUT2D eigenvalue weighted by molar-refractivity contribution is 0.0388. The largest absolute Gasteiger partial charge is 0.460 e. The van der Waals surface area contributed by atoms with Crippen molar-refractivity contribution in [2.75, 3.05) is 20.3 Å². The number of ether oxygens (including phenoxy) is 2. The van der Waals surface area contributed by atoms with Crippen LogP contribution >= 0.6 is 0 Å². The lowest BCUT2D eigenvalue weighted by Gasteiger charge is -2.04. The molecule has 4 heteroatoms. The van der Waals surface area contributed by atoms with Crippen molar-refractivity contribution in [1.82, 2.24) is 0 Å². The molecule has 1 aromatic rings. The van der Waals surface area contributed by atoms with Gasteiger partial charge in [0.2, 0.25) is 0 Å². The van der Waals surface area contributed by atoms with Crippen LogP contribution in [0.5, 0.6) is 0 Å². The Kier molecular flexibility index (Phi) is 4.80. The quantitative estimate of drug-likeness (QED) is 0.581. The van der Waals surface area contributed by atoms with Gasteiger partial charge in [-0.1, -0.05) is 12.1 Å². The Morgan fingerprint density at radius 1 is 1.40 bits per heavy atom. The first-order valence-electron chi connectivity index (χ1n) is 4.63. The molecule has 82 valence electrons. The molecule has 0 atom stereocenters. The van der Waals surface area contributed by atoms with Crippen LogP contribution < -0.4 is 0 Å². The molecule has 15 heavy (non-hydrogen) atoms. The van der Waals surface area contributed by atoms with Gasteiger partial charge in [-0.2, -0.15) is 0 Å². The fraction of sp³-hybridized carbons (Fsp3) is 0.364. The number of carbonyl (C=O) groups excluding carboxylic acids is 1. The van der Waals surface area contributed by atoms with Gasteiger partial charge in [0.05, 0.1) is 18.8 Å². The summed E-state index contributed by atoms with van der Waals surface area (Å²) in [6, 6.07) is 6.70. The normalized spacial score (nSPS) is 10.0. The van der Waals surface area contributed by atoms with Crippen molar-refractivity contribution in [2.45, 2.75) is 6.61 Å².